The Hall–Kier alpha value is -2.44. The minimum absolute atomic E-state index is 0.0883. The Kier molecular flexibility index (Phi) is 5.31. The van der Waals surface area contributed by atoms with Crippen molar-refractivity contribution in [2.24, 2.45) is 0 Å². The van der Waals surface area contributed by atoms with Gasteiger partial charge in [0.25, 0.3) is 11.1 Å². The molecular weight excluding hydrogens is 360 g/mol. The van der Waals surface area contributed by atoms with Crippen LogP contribution in [0.2, 0.25) is 5.02 Å². The number of amides is 2. The van der Waals surface area contributed by atoms with E-state index in [1.54, 1.807) is 43.5 Å². The second kappa shape index (κ2) is 7.63. The summed E-state index contributed by atoms with van der Waals surface area (Å²) in [6.45, 7) is 0.0883. The zero-order valence-electron chi connectivity index (χ0n) is 13.4. The Bertz CT molecular complexity index is 836. The van der Waals surface area contributed by atoms with Gasteiger partial charge in [-0.15, -0.1) is 0 Å². The van der Waals surface area contributed by atoms with Gasteiger partial charge >= 0.3 is 0 Å². The fourth-order valence-corrected chi connectivity index (χ4v) is 3.29. The number of ether oxygens (including phenoxy) is 1. The summed E-state index contributed by atoms with van der Waals surface area (Å²) in [6.07, 6.45) is 1.70. The van der Waals surface area contributed by atoms with Gasteiger partial charge in [-0.05, 0) is 53.7 Å². The SMILES string of the molecule is COc1ccc(/C=C2\SC(=O)N(CNc3cccc(Cl)c3)C2=O)cc1. The molecule has 1 aliphatic rings. The maximum absolute atomic E-state index is 12.5. The number of hydrogen-bond donors (Lipinski definition) is 1. The lowest BCUT2D eigenvalue weighted by atomic mass is 10.2. The van der Waals surface area contributed by atoms with Gasteiger partial charge in [0.15, 0.2) is 0 Å². The first kappa shape index (κ1) is 17.4. The lowest BCUT2D eigenvalue weighted by Crippen LogP contribution is -2.33. The van der Waals surface area contributed by atoms with E-state index in [1.807, 2.05) is 18.2 Å². The van der Waals surface area contributed by atoms with Crippen LogP contribution in [-0.4, -0.2) is 29.8 Å². The van der Waals surface area contributed by atoms with Crippen LogP contribution in [0.5, 0.6) is 5.75 Å². The second-order valence-corrected chi connectivity index (χ2v) is 6.66. The molecular formula is C18H15ClN2O3S. The third-order valence-corrected chi connectivity index (χ3v) is 4.70. The van der Waals surface area contributed by atoms with Crippen LogP contribution in [0.3, 0.4) is 0 Å². The zero-order chi connectivity index (χ0) is 17.8. The van der Waals surface area contributed by atoms with Crippen LogP contribution >= 0.6 is 23.4 Å². The topological polar surface area (TPSA) is 58.6 Å². The summed E-state index contributed by atoms with van der Waals surface area (Å²) in [4.78, 5) is 26.1. The number of methoxy groups -OCH3 is 1. The van der Waals surface area contributed by atoms with E-state index in [0.29, 0.717) is 9.93 Å². The molecule has 5 nitrogen and oxygen atoms in total. The molecule has 2 aromatic rings. The Morgan fingerprint density at radius 1 is 1.20 bits per heavy atom. The molecule has 0 atom stereocenters. The lowest BCUT2D eigenvalue weighted by molar-refractivity contribution is -0.122. The van der Waals surface area contributed by atoms with Gasteiger partial charge in [-0.2, -0.15) is 0 Å². The molecule has 1 heterocycles. The van der Waals surface area contributed by atoms with Crippen molar-refractivity contribution >= 4 is 46.3 Å². The Morgan fingerprint density at radius 3 is 2.64 bits per heavy atom. The van der Waals surface area contributed by atoms with Gasteiger partial charge in [-0.25, -0.2) is 0 Å². The van der Waals surface area contributed by atoms with Gasteiger partial charge in [0.05, 0.1) is 18.7 Å². The molecule has 1 fully saturated rings. The van der Waals surface area contributed by atoms with Crippen LogP contribution in [0.25, 0.3) is 6.08 Å². The van der Waals surface area contributed by atoms with E-state index in [1.165, 1.54) is 4.90 Å². The summed E-state index contributed by atoms with van der Waals surface area (Å²) in [6, 6.07) is 14.4. The third-order valence-electron chi connectivity index (χ3n) is 3.55. The number of halogens is 1. The van der Waals surface area contributed by atoms with Crippen molar-refractivity contribution in [2.75, 3.05) is 19.1 Å². The molecule has 0 spiro atoms. The molecule has 0 radical (unpaired) electrons. The summed E-state index contributed by atoms with van der Waals surface area (Å²) >= 11 is 6.85. The van der Waals surface area contributed by atoms with Gasteiger partial charge in [0, 0.05) is 10.7 Å². The summed E-state index contributed by atoms with van der Waals surface area (Å²) in [5, 5.41) is 3.31. The van der Waals surface area contributed by atoms with E-state index in [-0.39, 0.29) is 17.8 Å². The molecule has 0 saturated carbocycles. The van der Waals surface area contributed by atoms with Crippen molar-refractivity contribution in [3.05, 3.63) is 64.0 Å². The van der Waals surface area contributed by atoms with E-state index in [2.05, 4.69) is 5.32 Å². The molecule has 0 unspecified atom stereocenters. The first-order valence-electron chi connectivity index (χ1n) is 7.45. The minimum Gasteiger partial charge on any atom is -0.497 e. The average molecular weight is 375 g/mol. The van der Waals surface area contributed by atoms with Crippen LogP contribution < -0.4 is 10.1 Å². The average Bonchev–Trinajstić information content (AvgIpc) is 2.87. The number of nitrogens with zero attached hydrogens (tertiary/aromatic N) is 1. The molecule has 128 valence electrons. The highest BCUT2D eigenvalue weighted by Crippen LogP contribution is 2.32. The molecule has 0 aliphatic carbocycles. The normalized spacial score (nSPS) is 15.8. The van der Waals surface area contributed by atoms with Gasteiger partial charge in [0.1, 0.15) is 5.75 Å². The van der Waals surface area contributed by atoms with E-state index < -0.39 is 0 Å². The smallest absolute Gasteiger partial charge is 0.295 e. The van der Waals surface area contributed by atoms with Gasteiger partial charge in [-0.1, -0.05) is 29.8 Å². The van der Waals surface area contributed by atoms with Crippen molar-refractivity contribution in [1.29, 1.82) is 0 Å². The molecule has 2 aromatic carbocycles. The van der Waals surface area contributed by atoms with Crippen LogP contribution in [0.1, 0.15) is 5.56 Å². The molecule has 2 amide bonds. The predicted octanol–water partition coefficient (Wildman–Crippen LogP) is 4.45. The number of benzene rings is 2. The molecule has 0 aromatic heterocycles. The molecule has 25 heavy (non-hydrogen) atoms. The van der Waals surface area contributed by atoms with Crippen molar-refractivity contribution in [1.82, 2.24) is 4.90 Å². The van der Waals surface area contributed by atoms with Crippen molar-refractivity contribution in [2.45, 2.75) is 0 Å². The summed E-state index contributed by atoms with van der Waals surface area (Å²) in [5.74, 6) is 0.413. The first-order valence-corrected chi connectivity index (χ1v) is 8.65. The molecule has 1 saturated heterocycles. The zero-order valence-corrected chi connectivity index (χ0v) is 14.9. The largest absolute Gasteiger partial charge is 0.497 e. The highest BCUT2D eigenvalue weighted by atomic mass is 35.5. The molecule has 7 heteroatoms. The fraction of sp³-hybridized carbons (Fsp3) is 0.111. The fourth-order valence-electron chi connectivity index (χ4n) is 2.26. The number of carbonyl (C=O) groups excluding carboxylic acids is 2. The maximum atomic E-state index is 12.5. The Morgan fingerprint density at radius 2 is 1.96 bits per heavy atom. The van der Waals surface area contributed by atoms with Crippen LogP contribution in [-0.2, 0) is 4.79 Å². The molecule has 1 N–H and O–H groups in total. The third kappa shape index (κ3) is 4.15. The van der Waals surface area contributed by atoms with Crippen molar-refractivity contribution in [3.8, 4) is 5.75 Å². The number of carbonyl (C=O) groups is 2. The number of rotatable bonds is 5. The van der Waals surface area contributed by atoms with E-state index in [0.717, 1.165) is 28.8 Å². The van der Waals surface area contributed by atoms with Crippen LogP contribution in [0, 0.1) is 0 Å². The maximum Gasteiger partial charge on any atom is 0.295 e. The number of hydrogen-bond acceptors (Lipinski definition) is 5. The van der Waals surface area contributed by atoms with Gasteiger partial charge in [-0.3, -0.25) is 14.5 Å². The van der Waals surface area contributed by atoms with Gasteiger partial charge < -0.3 is 10.1 Å². The molecule has 3 rings (SSSR count). The summed E-state index contributed by atoms with van der Waals surface area (Å²) in [5.41, 5.74) is 1.57. The quantitative estimate of drug-likeness (QED) is 0.783. The predicted molar refractivity (Wildman–Crippen MR) is 101 cm³/mol. The number of thioether (sulfide) groups is 1. The highest BCUT2D eigenvalue weighted by Gasteiger charge is 2.34. The minimum atomic E-state index is -0.319. The Labute approximate surface area is 154 Å². The second-order valence-electron chi connectivity index (χ2n) is 5.23. The monoisotopic (exact) mass is 374 g/mol. The van der Waals surface area contributed by atoms with E-state index >= 15 is 0 Å². The number of anilines is 1. The van der Waals surface area contributed by atoms with Crippen molar-refractivity contribution in [3.63, 3.8) is 0 Å². The first-order chi connectivity index (χ1) is 12.1. The number of imide groups is 1. The lowest BCUT2D eigenvalue weighted by Gasteiger charge is -2.14. The highest BCUT2D eigenvalue weighted by molar-refractivity contribution is 8.18. The van der Waals surface area contributed by atoms with E-state index in [9.17, 15) is 9.59 Å². The van der Waals surface area contributed by atoms with Crippen LogP contribution in [0.4, 0.5) is 10.5 Å². The van der Waals surface area contributed by atoms with E-state index in [4.69, 9.17) is 16.3 Å². The summed E-state index contributed by atoms with van der Waals surface area (Å²) < 4.78 is 5.10. The summed E-state index contributed by atoms with van der Waals surface area (Å²) in [7, 11) is 1.59. The molecule has 1 aliphatic heterocycles. The molecule has 0 bridgehead atoms. The van der Waals surface area contributed by atoms with Gasteiger partial charge in [0.2, 0.25) is 0 Å². The Balaban J connectivity index is 1.69. The standard InChI is InChI=1S/C18H15ClN2O3S/c1-24-15-7-5-12(6-8-15)9-16-17(22)21(18(23)25-16)11-20-14-4-2-3-13(19)10-14/h2-10,20H,11H2,1H3/b16-9-. The number of nitrogens with one attached hydrogen (secondary N) is 1. The van der Waals surface area contributed by atoms with Crippen molar-refractivity contribution < 1.29 is 14.3 Å². The van der Waals surface area contributed by atoms with Crippen LogP contribution in [0.15, 0.2) is 53.4 Å².